The summed E-state index contributed by atoms with van der Waals surface area (Å²) in [5, 5.41) is 0. The summed E-state index contributed by atoms with van der Waals surface area (Å²) in [4.78, 5) is 0.0190. The first kappa shape index (κ1) is 16.2. The van der Waals surface area contributed by atoms with Crippen molar-refractivity contribution in [2.45, 2.75) is 31.5 Å². The second-order valence-corrected chi connectivity index (χ2v) is 6.85. The zero-order chi connectivity index (χ0) is 15.4. The fraction of sp³-hybridized carbons (Fsp3) is 0.333. The molecule has 2 aromatic rings. The van der Waals surface area contributed by atoms with E-state index in [1.54, 1.807) is 0 Å². The van der Waals surface area contributed by atoms with Crippen molar-refractivity contribution in [1.82, 2.24) is 0 Å². The number of alkyl halides is 1. The van der Waals surface area contributed by atoms with Crippen molar-refractivity contribution in [2.24, 2.45) is 5.92 Å². The third kappa shape index (κ3) is 4.63. The topological polar surface area (TPSA) is 0 Å². The lowest BCUT2D eigenvalue weighted by molar-refractivity contribution is 0.571. The second kappa shape index (κ2) is 7.17. The highest BCUT2D eigenvalue weighted by Crippen LogP contribution is 2.28. The Balaban J connectivity index is 2.07. The molecule has 0 saturated carbocycles. The van der Waals surface area contributed by atoms with Crippen LogP contribution in [0.4, 0.5) is 8.78 Å². The minimum absolute atomic E-state index is 0.0190. The van der Waals surface area contributed by atoms with E-state index in [-0.39, 0.29) is 4.83 Å². The molecule has 0 saturated heterocycles. The Bertz CT molecular complexity index is 591. The largest absolute Gasteiger partial charge is 0.207 e. The summed E-state index contributed by atoms with van der Waals surface area (Å²) in [6.45, 7) is 4.39. The molecule has 0 N–H and O–H groups in total. The van der Waals surface area contributed by atoms with Crippen LogP contribution in [0.3, 0.4) is 0 Å². The molecule has 1 unspecified atom stereocenters. The molecule has 112 valence electrons. The van der Waals surface area contributed by atoms with Gasteiger partial charge in [0.15, 0.2) is 0 Å². The zero-order valence-electron chi connectivity index (χ0n) is 12.2. The SMILES string of the molecule is CC(C)Cc1ccc(C(Br)Cc2ccc(F)cc2F)cc1. The normalized spacial score (nSPS) is 12.7. The summed E-state index contributed by atoms with van der Waals surface area (Å²) >= 11 is 3.59. The summed E-state index contributed by atoms with van der Waals surface area (Å²) in [6, 6.07) is 12.1. The van der Waals surface area contributed by atoms with Crippen molar-refractivity contribution in [3.63, 3.8) is 0 Å². The van der Waals surface area contributed by atoms with Crippen LogP contribution in [-0.2, 0) is 12.8 Å². The maximum Gasteiger partial charge on any atom is 0.129 e. The van der Waals surface area contributed by atoms with E-state index in [1.807, 2.05) is 0 Å². The molecule has 0 aliphatic heterocycles. The number of hydrogen-bond donors (Lipinski definition) is 0. The predicted molar refractivity (Wildman–Crippen MR) is 86.7 cm³/mol. The lowest BCUT2D eigenvalue weighted by Crippen LogP contribution is -2.00. The quantitative estimate of drug-likeness (QED) is 0.592. The van der Waals surface area contributed by atoms with Gasteiger partial charge in [0.1, 0.15) is 11.6 Å². The Morgan fingerprint density at radius 2 is 1.62 bits per heavy atom. The first-order chi connectivity index (χ1) is 9.95. The van der Waals surface area contributed by atoms with Crippen LogP contribution in [0.25, 0.3) is 0 Å². The van der Waals surface area contributed by atoms with E-state index in [0.717, 1.165) is 18.1 Å². The molecule has 0 fully saturated rings. The van der Waals surface area contributed by atoms with E-state index in [0.29, 0.717) is 17.9 Å². The molecular formula is C18H19BrF2. The van der Waals surface area contributed by atoms with Gasteiger partial charge in [-0.1, -0.05) is 60.1 Å². The van der Waals surface area contributed by atoms with Crippen LogP contribution in [0.15, 0.2) is 42.5 Å². The number of halogens is 3. The van der Waals surface area contributed by atoms with Gasteiger partial charge in [-0.25, -0.2) is 8.78 Å². The number of hydrogen-bond acceptors (Lipinski definition) is 0. The van der Waals surface area contributed by atoms with E-state index in [4.69, 9.17) is 0 Å². The number of benzene rings is 2. The molecule has 0 heterocycles. The van der Waals surface area contributed by atoms with Gasteiger partial charge < -0.3 is 0 Å². The van der Waals surface area contributed by atoms with E-state index < -0.39 is 11.6 Å². The maximum atomic E-state index is 13.7. The summed E-state index contributed by atoms with van der Waals surface area (Å²) in [7, 11) is 0. The Kier molecular flexibility index (Phi) is 5.51. The predicted octanol–water partition coefficient (Wildman–Crippen LogP) is 5.84. The van der Waals surface area contributed by atoms with Gasteiger partial charge in [0.25, 0.3) is 0 Å². The molecular weight excluding hydrogens is 334 g/mol. The van der Waals surface area contributed by atoms with E-state index in [9.17, 15) is 8.78 Å². The summed E-state index contributed by atoms with van der Waals surface area (Å²) in [6.07, 6.45) is 1.55. The fourth-order valence-electron chi connectivity index (χ4n) is 2.33. The molecule has 0 aliphatic carbocycles. The second-order valence-electron chi connectivity index (χ2n) is 5.75. The Labute approximate surface area is 133 Å². The van der Waals surface area contributed by atoms with E-state index in [2.05, 4.69) is 54.0 Å². The van der Waals surface area contributed by atoms with Gasteiger partial charge >= 0.3 is 0 Å². The van der Waals surface area contributed by atoms with Gasteiger partial charge in [0.2, 0.25) is 0 Å². The van der Waals surface area contributed by atoms with Crippen LogP contribution in [0.2, 0.25) is 0 Å². The monoisotopic (exact) mass is 352 g/mol. The van der Waals surface area contributed by atoms with Crippen molar-refractivity contribution in [3.8, 4) is 0 Å². The van der Waals surface area contributed by atoms with Crippen molar-refractivity contribution < 1.29 is 8.78 Å². The van der Waals surface area contributed by atoms with Crippen LogP contribution < -0.4 is 0 Å². The van der Waals surface area contributed by atoms with E-state index >= 15 is 0 Å². The van der Waals surface area contributed by atoms with Crippen LogP contribution in [0.1, 0.15) is 35.4 Å². The van der Waals surface area contributed by atoms with Crippen LogP contribution >= 0.6 is 15.9 Å². The standard InChI is InChI=1S/C18H19BrF2/c1-12(2)9-13-3-5-14(6-4-13)17(19)10-15-7-8-16(20)11-18(15)21/h3-8,11-12,17H,9-10H2,1-2H3. The van der Waals surface area contributed by atoms with Gasteiger partial charge in [0.05, 0.1) is 0 Å². The van der Waals surface area contributed by atoms with Gasteiger partial charge in [0, 0.05) is 10.9 Å². The molecule has 1 atom stereocenters. The average molecular weight is 353 g/mol. The summed E-state index contributed by atoms with van der Waals surface area (Å²) in [5.41, 5.74) is 2.93. The van der Waals surface area contributed by atoms with E-state index in [1.165, 1.54) is 17.7 Å². The highest BCUT2D eigenvalue weighted by atomic mass is 79.9. The lowest BCUT2D eigenvalue weighted by Gasteiger charge is -2.12. The molecule has 0 bridgehead atoms. The molecule has 3 heteroatoms. The molecule has 0 aliphatic rings. The van der Waals surface area contributed by atoms with Crippen molar-refractivity contribution >= 4 is 15.9 Å². The smallest absolute Gasteiger partial charge is 0.129 e. The molecule has 0 radical (unpaired) electrons. The first-order valence-corrected chi connectivity index (χ1v) is 8.04. The average Bonchev–Trinajstić information content (AvgIpc) is 2.42. The fourth-order valence-corrected chi connectivity index (χ4v) is 2.99. The van der Waals surface area contributed by atoms with Gasteiger partial charge in [-0.15, -0.1) is 0 Å². The minimum Gasteiger partial charge on any atom is -0.207 e. The van der Waals surface area contributed by atoms with Gasteiger partial charge in [-0.3, -0.25) is 0 Å². The zero-order valence-corrected chi connectivity index (χ0v) is 13.8. The first-order valence-electron chi connectivity index (χ1n) is 7.12. The molecule has 2 aromatic carbocycles. The summed E-state index contributed by atoms with van der Waals surface area (Å²) in [5.74, 6) is -0.403. The van der Waals surface area contributed by atoms with Crippen molar-refractivity contribution in [2.75, 3.05) is 0 Å². The van der Waals surface area contributed by atoms with Crippen molar-refractivity contribution in [3.05, 3.63) is 70.8 Å². The van der Waals surface area contributed by atoms with Crippen LogP contribution in [-0.4, -0.2) is 0 Å². The summed E-state index contributed by atoms with van der Waals surface area (Å²) < 4.78 is 26.6. The third-order valence-corrected chi connectivity index (χ3v) is 4.25. The lowest BCUT2D eigenvalue weighted by atomic mass is 9.99. The molecule has 0 nitrogen and oxygen atoms in total. The Morgan fingerprint density at radius 3 is 2.19 bits per heavy atom. The maximum absolute atomic E-state index is 13.7. The third-order valence-electron chi connectivity index (χ3n) is 3.40. The minimum atomic E-state index is -0.541. The molecule has 21 heavy (non-hydrogen) atoms. The van der Waals surface area contributed by atoms with Crippen molar-refractivity contribution in [1.29, 1.82) is 0 Å². The highest BCUT2D eigenvalue weighted by Gasteiger charge is 2.12. The van der Waals surface area contributed by atoms with Crippen LogP contribution in [0, 0.1) is 17.6 Å². The Morgan fingerprint density at radius 1 is 0.952 bits per heavy atom. The molecule has 2 rings (SSSR count). The van der Waals surface area contributed by atoms with Crippen LogP contribution in [0.5, 0.6) is 0 Å². The van der Waals surface area contributed by atoms with Gasteiger partial charge in [-0.2, -0.15) is 0 Å². The molecule has 0 spiro atoms. The molecule has 0 amide bonds. The Hall–Kier alpha value is -1.22. The molecule has 0 aromatic heterocycles. The highest BCUT2D eigenvalue weighted by molar-refractivity contribution is 9.09. The van der Waals surface area contributed by atoms with Gasteiger partial charge in [-0.05, 0) is 41.5 Å². The number of rotatable bonds is 5.